The third kappa shape index (κ3) is 2.44. The van der Waals surface area contributed by atoms with Crippen LogP contribution < -0.4 is 0 Å². The highest BCUT2D eigenvalue weighted by atomic mass is 32.1. The lowest BCUT2D eigenvalue weighted by Gasteiger charge is -2.18. The first-order valence-electron chi connectivity index (χ1n) is 6.37. The Morgan fingerprint density at radius 1 is 1.28 bits per heavy atom. The predicted molar refractivity (Wildman–Crippen MR) is 73.8 cm³/mol. The molecular weight excluding hydrogens is 242 g/mol. The van der Waals surface area contributed by atoms with E-state index < -0.39 is 0 Å². The maximum atomic E-state index is 4.44. The second kappa shape index (κ2) is 5.16. The van der Waals surface area contributed by atoms with Crippen molar-refractivity contribution in [2.45, 2.75) is 26.3 Å². The summed E-state index contributed by atoms with van der Waals surface area (Å²) >= 11 is 1.84. The lowest BCUT2D eigenvalue weighted by Crippen LogP contribution is -2.25. The monoisotopic (exact) mass is 259 g/mol. The number of fused-ring (bicyclic) bond motifs is 1. The molecule has 0 N–H and O–H groups in total. The lowest BCUT2D eigenvalue weighted by molar-refractivity contribution is 0.281. The second-order valence-corrected chi connectivity index (χ2v) is 5.77. The summed E-state index contributed by atoms with van der Waals surface area (Å²) in [5.74, 6) is 0. The molecule has 0 spiro atoms. The Balaban J connectivity index is 1.73. The van der Waals surface area contributed by atoms with Crippen LogP contribution in [-0.4, -0.2) is 28.0 Å². The van der Waals surface area contributed by atoms with Gasteiger partial charge in [-0.05, 0) is 30.4 Å². The summed E-state index contributed by atoms with van der Waals surface area (Å²) in [6, 6.07) is 4.34. The van der Waals surface area contributed by atoms with Crippen LogP contribution >= 0.6 is 11.3 Å². The van der Waals surface area contributed by atoms with E-state index in [-0.39, 0.29) is 0 Å². The van der Waals surface area contributed by atoms with Crippen molar-refractivity contribution in [3.63, 3.8) is 0 Å². The lowest BCUT2D eigenvalue weighted by atomic mass is 10.1. The van der Waals surface area contributed by atoms with Crippen molar-refractivity contribution in [3.8, 4) is 0 Å². The Hall–Kier alpha value is -1.26. The van der Waals surface area contributed by atoms with Crippen LogP contribution in [0.15, 0.2) is 23.8 Å². The molecule has 0 saturated carbocycles. The van der Waals surface area contributed by atoms with Gasteiger partial charge in [-0.25, -0.2) is 9.97 Å². The quantitative estimate of drug-likeness (QED) is 0.829. The summed E-state index contributed by atoms with van der Waals surface area (Å²) in [7, 11) is 0. The van der Waals surface area contributed by atoms with Crippen molar-refractivity contribution in [2.75, 3.05) is 13.1 Å². The van der Waals surface area contributed by atoms with E-state index in [9.17, 15) is 0 Å². The number of thiophene rings is 1. The Morgan fingerprint density at radius 3 is 3.00 bits per heavy atom. The highest BCUT2D eigenvalue weighted by Crippen LogP contribution is 2.18. The van der Waals surface area contributed by atoms with Crippen LogP contribution in [0.25, 0.3) is 0 Å². The molecule has 0 unspecified atom stereocenters. The van der Waals surface area contributed by atoms with Crippen LogP contribution in [0, 0.1) is 6.92 Å². The molecule has 0 bridgehead atoms. The van der Waals surface area contributed by atoms with E-state index in [1.54, 1.807) is 6.33 Å². The van der Waals surface area contributed by atoms with E-state index in [1.165, 1.54) is 16.1 Å². The summed E-state index contributed by atoms with van der Waals surface area (Å²) in [5.41, 5.74) is 3.76. The molecule has 1 aliphatic rings. The fourth-order valence-corrected chi connectivity index (χ4v) is 3.26. The molecule has 1 aliphatic heterocycles. The first-order chi connectivity index (χ1) is 8.83. The summed E-state index contributed by atoms with van der Waals surface area (Å²) in [4.78, 5) is 12.7. The Kier molecular flexibility index (Phi) is 3.39. The highest BCUT2D eigenvalue weighted by Gasteiger charge is 2.17. The molecule has 94 valence electrons. The van der Waals surface area contributed by atoms with E-state index >= 15 is 0 Å². The van der Waals surface area contributed by atoms with Crippen molar-refractivity contribution < 1.29 is 0 Å². The van der Waals surface area contributed by atoms with Crippen molar-refractivity contribution >= 4 is 11.3 Å². The van der Waals surface area contributed by atoms with Gasteiger partial charge in [0, 0.05) is 42.3 Å². The minimum absolute atomic E-state index is 1.05. The minimum atomic E-state index is 1.05. The van der Waals surface area contributed by atoms with Crippen LogP contribution in [0.1, 0.15) is 21.8 Å². The maximum Gasteiger partial charge on any atom is 0.115 e. The van der Waals surface area contributed by atoms with Gasteiger partial charge in [0.2, 0.25) is 0 Å². The largest absolute Gasteiger partial charge is 0.298 e. The molecule has 3 heterocycles. The molecule has 0 saturated heterocycles. The standard InChI is InChI=1S/C14H17N3S/c1-11-13-4-6-17(9-12-3-2-8-18-12)7-5-14(13)16-10-15-11/h2-3,8,10H,4-7,9H2,1H3. The molecule has 0 radical (unpaired) electrons. The van der Waals surface area contributed by atoms with Crippen molar-refractivity contribution in [1.29, 1.82) is 0 Å². The Labute approximate surface area is 112 Å². The number of aryl methyl sites for hydroxylation is 1. The summed E-state index contributed by atoms with van der Waals surface area (Å²) in [6.45, 7) is 5.37. The molecule has 0 fully saturated rings. The molecule has 4 heteroatoms. The van der Waals surface area contributed by atoms with Gasteiger partial charge in [0.25, 0.3) is 0 Å². The van der Waals surface area contributed by atoms with E-state index in [1.807, 2.05) is 11.3 Å². The summed E-state index contributed by atoms with van der Waals surface area (Å²) in [5, 5.41) is 2.15. The van der Waals surface area contributed by atoms with Gasteiger partial charge >= 0.3 is 0 Å². The number of hydrogen-bond acceptors (Lipinski definition) is 4. The zero-order valence-corrected chi connectivity index (χ0v) is 11.4. The minimum Gasteiger partial charge on any atom is -0.298 e. The van der Waals surface area contributed by atoms with Crippen molar-refractivity contribution in [1.82, 2.24) is 14.9 Å². The Morgan fingerprint density at radius 2 is 2.17 bits per heavy atom. The number of nitrogens with zero attached hydrogens (tertiary/aromatic N) is 3. The first kappa shape index (κ1) is 11.8. The van der Waals surface area contributed by atoms with Crippen LogP contribution in [0.4, 0.5) is 0 Å². The van der Waals surface area contributed by atoms with Gasteiger partial charge in [-0.2, -0.15) is 0 Å². The van der Waals surface area contributed by atoms with Gasteiger partial charge in [-0.15, -0.1) is 11.3 Å². The molecule has 2 aromatic rings. The van der Waals surface area contributed by atoms with Gasteiger partial charge in [0.15, 0.2) is 0 Å². The van der Waals surface area contributed by atoms with Crippen LogP contribution in [0.5, 0.6) is 0 Å². The predicted octanol–water partition coefficient (Wildman–Crippen LogP) is 2.45. The van der Waals surface area contributed by atoms with Gasteiger partial charge < -0.3 is 0 Å². The van der Waals surface area contributed by atoms with Gasteiger partial charge in [-0.1, -0.05) is 6.07 Å². The third-order valence-electron chi connectivity index (χ3n) is 3.55. The van der Waals surface area contributed by atoms with Crippen LogP contribution in [-0.2, 0) is 19.4 Å². The van der Waals surface area contributed by atoms with Gasteiger partial charge in [-0.3, -0.25) is 4.90 Å². The smallest absolute Gasteiger partial charge is 0.115 e. The number of aromatic nitrogens is 2. The molecule has 0 aliphatic carbocycles. The normalized spacial score (nSPS) is 16.3. The molecule has 3 nitrogen and oxygen atoms in total. The van der Waals surface area contributed by atoms with E-state index in [0.29, 0.717) is 0 Å². The summed E-state index contributed by atoms with van der Waals surface area (Å²) < 4.78 is 0. The molecule has 0 atom stereocenters. The third-order valence-corrected chi connectivity index (χ3v) is 4.41. The number of hydrogen-bond donors (Lipinski definition) is 0. The molecule has 3 rings (SSSR count). The zero-order chi connectivity index (χ0) is 12.4. The average molecular weight is 259 g/mol. The van der Waals surface area contributed by atoms with Crippen molar-refractivity contribution in [2.24, 2.45) is 0 Å². The Bertz CT molecular complexity index is 522. The molecule has 18 heavy (non-hydrogen) atoms. The van der Waals surface area contributed by atoms with Gasteiger partial charge in [0.05, 0.1) is 0 Å². The van der Waals surface area contributed by atoms with Crippen LogP contribution in [0.3, 0.4) is 0 Å². The zero-order valence-electron chi connectivity index (χ0n) is 10.6. The van der Waals surface area contributed by atoms with Gasteiger partial charge in [0.1, 0.15) is 6.33 Å². The van der Waals surface area contributed by atoms with Crippen LogP contribution in [0.2, 0.25) is 0 Å². The van der Waals surface area contributed by atoms with E-state index in [0.717, 1.165) is 38.2 Å². The van der Waals surface area contributed by atoms with Crippen molar-refractivity contribution in [3.05, 3.63) is 45.7 Å². The molecule has 2 aromatic heterocycles. The second-order valence-electron chi connectivity index (χ2n) is 4.74. The molecular formula is C14H17N3S. The fourth-order valence-electron chi connectivity index (χ4n) is 2.52. The first-order valence-corrected chi connectivity index (χ1v) is 7.25. The summed E-state index contributed by atoms with van der Waals surface area (Å²) in [6.07, 6.45) is 3.82. The highest BCUT2D eigenvalue weighted by molar-refractivity contribution is 7.09. The SMILES string of the molecule is Cc1ncnc2c1CCN(Cc1cccs1)CC2. The number of rotatable bonds is 2. The average Bonchev–Trinajstić information content (AvgIpc) is 2.78. The topological polar surface area (TPSA) is 29.0 Å². The molecule has 0 amide bonds. The molecule has 0 aromatic carbocycles. The van der Waals surface area contributed by atoms with E-state index in [2.05, 4.69) is 39.3 Å². The maximum absolute atomic E-state index is 4.44. The fraction of sp³-hybridized carbons (Fsp3) is 0.429. The van der Waals surface area contributed by atoms with E-state index in [4.69, 9.17) is 0 Å².